The van der Waals surface area contributed by atoms with Gasteiger partial charge in [-0.15, -0.1) is 0 Å². The molecular weight excluding hydrogens is 254 g/mol. The minimum atomic E-state index is 1.12. The Labute approximate surface area is 127 Å². The van der Waals surface area contributed by atoms with Crippen molar-refractivity contribution in [2.45, 2.75) is 13.8 Å². The van der Waals surface area contributed by atoms with Crippen LogP contribution in [-0.4, -0.2) is 0 Å². The molecule has 0 saturated carbocycles. The third-order valence-electron chi connectivity index (χ3n) is 3.05. The number of anilines is 2. The van der Waals surface area contributed by atoms with E-state index in [9.17, 15) is 0 Å². The molecule has 0 bridgehead atoms. The van der Waals surface area contributed by atoms with Crippen molar-refractivity contribution in [2.24, 2.45) is 0 Å². The van der Waals surface area contributed by atoms with Gasteiger partial charge in [0, 0.05) is 11.4 Å². The van der Waals surface area contributed by atoms with Crippen molar-refractivity contribution in [2.75, 3.05) is 5.32 Å². The van der Waals surface area contributed by atoms with E-state index in [-0.39, 0.29) is 0 Å². The quantitative estimate of drug-likeness (QED) is 0.629. The molecule has 0 saturated heterocycles. The van der Waals surface area contributed by atoms with Gasteiger partial charge in [0.15, 0.2) is 0 Å². The van der Waals surface area contributed by atoms with Gasteiger partial charge >= 0.3 is 0 Å². The first kappa shape index (κ1) is 14.9. The Morgan fingerprint density at radius 1 is 0.476 bits per heavy atom. The molecule has 0 spiro atoms. The molecule has 0 aliphatic carbocycles. The molecule has 0 atom stereocenters. The van der Waals surface area contributed by atoms with E-state index >= 15 is 0 Å². The molecule has 0 heterocycles. The molecule has 0 aliphatic heterocycles. The highest BCUT2D eigenvalue weighted by atomic mass is 14.9. The molecule has 0 fully saturated rings. The average molecular weight is 275 g/mol. The van der Waals surface area contributed by atoms with Gasteiger partial charge in [-0.2, -0.15) is 0 Å². The van der Waals surface area contributed by atoms with Gasteiger partial charge in [0.25, 0.3) is 0 Å². The number of para-hydroxylation sites is 2. The number of rotatable bonds is 2. The second-order valence-corrected chi connectivity index (χ2v) is 5.01. The normalized spacial score (nSPS) is 9.43. The molecule has 1 N–H and O–H groups in total. The fraction of sp³-hybridized carbons (Fsp3) is 0.100. The minimum absolute atomic E-state index is 1.12. The lowest BCUT2D eigenvalue weighted by Crippen LogP contribution is -1.87. The first-order valence-electron chi connectivity index (χ1n) is 7.14. The van der Waals surface area contributed by atoms with Crippen LogP contribution in [-0.2, 0) is 0 Å². The van der Waals surface area contributed by atoms with Crippen LogP contribution in [0.3, 0.4) is 0 Å². The maximum absolute atomic E-state index is 3.30. The fourth-order valence-corrected chi connectivity index (χ4v) is 1.85. The van der Waals surface area contributed by atoms with Crippen molar-refractivity contribution < 1.29 is 0 Å². The standard InChI is InChI=1S/C12H11N.C8H10/c1-3-7-11(8-4-1)13-12-9-5-2-6-10-12;1-7-3-5-8(2)6-4-7/h1-10,13H;3-6H,1-2H3. The summed E-state index contributed by atoms with van der Waals surface area (Å²) < 4.78 is 0. The van der Waals surface area contributed by atoms with Gasteiger partial charge in [0.05, 0.1) is 0 Å². The van der Waals surface area contributed by atoms with Crippen LogP contribution in [0.5, 0.6) is 0 Å². The Kier molecular flexibility index (Phi) is 5.60. The van der Waals surface area contributed by atoms with Gasteiger partial charge in [-0.25, -0.2) is 0 Å². The van der Waals surface area contributed by atoms with E-state index < -0.39 is 0 Å². The van der Waals surface area contributed by atoms with Gasteiger partial charge in [0.2, 0.25) is 0 Å². The van der Waals surface area contributed by atoms with Crippen LogP contribution < -0.4 is 5.32 Å². The Morgan fingerprint density at radius 2 is 0.810 bits per heavy atom. The summed E-state index contributed by atoms with van der Waals surface area (Å²) in [5.41, 5.74) is 4.90. The van der Waals surface area contributed by atoms with Crippen molar-refractivity contribution in [3.05, 3.63) is 96.1 Å². The summed E-state index contributed by atoms with van der Waals surface area (Å²) in [4.78, 5) is 0. The van der Waals surface area contributed by atoms with Crippen LogP contribution in [0.25, 0.3) is 0 Å². The van der Waals surface area contributed by atoms with Crippen molar-refractivity contribution in [1.29, 1.82) is 0 Å². The topological polar surface area (TPSA) is 12.0 Å². The molecular formula is C20H21N. The SMILES string of the molecule is Cc1ccc(C)cc1.c1ccc(Nc2ccccc2)cc1. The number of nitrogens with one attached hydrogen (secondary N) is 1. The van der Waals surface area contributed by atoms with Crippen molar-refractivity contribution in [3.63, 3.8) is 0 Å². The highest BCUT2D eigenvalue weighted by Gasteiger charge is 1.89. The third-order valence-corrected chi connectivity index (χ3v) is 3.05. The van der Waals surface area contributed by atoms with Crippen molar-refractivity contribution in [3.8, 4) is 0 Å². The summed E-state index contributed by atoms with van der Waals surface area (Å²) in [6, 6.07) is 28.8. The third kappa shape index (κ3) is 5.53. The van der Waals surface area contributed by atoms with Gasteiger partial charge in [-0.1, -0.05) is 71.8 Å². The maximum Gasteiger partial charge on any atom is 0.0384 e. The van der Waals surface area contributed by atoms with E-state index in [0.29, 0.717) is 0 Å². The molecule has 0 unspecified atom stereocenters. The number of hydrogen-bond donors (Lipinski definition) is 1. The Hall–Kier alpha value is -2.54. The van der Waals surface area contributed by atoms with Gasteiger partial charge < -0.3 is 5.32 Å². The summed E-state index contributed by atoms with van der Waals surface area (Å²) in [6.07, 6.45) is 0. The molecule has 0 aliphatic rings. The highest BCUT2D eigenvalue weighted by Crippen LogP contribution is 2.14. The lowest BCUT2D eigenvalue weighted by atomic mass is 10.2. The monoisotopic (exact) mass is 275 g/mol. The van der Waals surface area contributed by atoms with E-state index in [1.165, 1.54) is 11.1 Å². The Bertz CT molecular complexity index is 569. The average Bonchev–Trinajstić information content (AvgIpc) is 2.53. The zero-order chi connectivity index (χ0) is 14.9. The van der Waals surface area contributed by atoms with Gasteiger partial charge in [0.1, 0.15) is 0 Å². The summed E-state index contributed by atoms with van der Waals surface area (Å²) in [5, 5.41) is 3.30. The van der Waals surface area contributed by atoms with Crippen LogP contribution in [0.15, 0.2) is 84.9 Å². The van der Waals surface area contributed by atoms with E-state index in [4.69, 9.17) is 0 Å². The smallest absolute Gasteiger partial charge is 0.0384 e. The predicted molar refractivity (Wildman–Crippen MR) is 92.1 cm³/mol. The molecule has 1 nitrogen and oxygen atoms in total. The van der Waals surface area contributed by atoms with E-state index in [1.54, 1.807) is 0 Å². The van der Waals surface area contributed by atoms with Crippen LogP contribution in [0.1, 0.15) is 11.1 Å². The largest absolute Gasteiger partial charge is 0.356 e. The van der Waals surface area contributed by atoms with E-state index in [1.807, 2.05) is 60.7 Å². The molecule has 3 rings (SSSR count). The summed E-state index contributed by atoms with van der Waals surface area (Å²) in [7, 11) is 0. The molecule has 0 aromatic heterocycles. The molecule has 21 heavy (non-hydrogen) atoms. The highest BCUT2D eigenvalue weighted by molar-refractivity contribution is 5.58. The molecule has 0 radical (unpaired) electrons. The lowest BCUT2D eigenvalue weighted by molar-refractivity contribution is 1.40. The maximum atomic E-state index is 3.30. The number of benzene rings is 3. The number of aryl methyl sites for hydroxylation is 2. The number of hydrogen-bond acceptors (Lipinski definition) is 1. The second kappa shape index (κ2) is 7.91. The second-order valence-electron chi connectivity index (χ2n) is 5.01. The molecule has 3 aromatic rings. The van der Waals surface area contributed by atoms with Crippen molar-refractivity contribution >= 4 is 11.4 Å². The lowest BCUT2D eigenvalue weighted by Gasteiger charge is -2.04. The Balaban J connectivity index is 0.000000173. The molecule has 106 valence electrons. The van der Waals surface area contributed by atoms with E-state index in [0.717, 1.165) is 11.4 Å². The van der Waals surface area contributed by atoms with Gasteiger partial charge in [-0.3, -0.25) is 0 Å². The first-order chi connectivity index (χ1) is 10.2. The zero-order valence-electron chi connectivity index (χ0n) is 12.6. The summed E-state index contributed by atoms with van der Waals surface area (Å²) >= 11 is 0. The molecule has 3 aromatic carbocycles. The van der Waals surface area contributed by atoms with Crippen molar-refractivity contribution in [1.82, 2.24) is 0 Å². The van der Waals surface area contributed by atoms with Gasteiger partial charge in [-0.05, 0) is 38.1 Å². The van der Waals surface area contributed by atoms with Crippen LogP contribution >= 0.6 is 0 Å². The summed E-state index contributed by atoms with van der Waals surface area (Å²) in [6.45, 7) is 4.19. The zero-order valence-corrected chi connectivity index (χ0v) is 12.6. The summed E-state index contributed by atoms with van der Waals surface area (Å²) in [5.74, 6) is 0. The minimum Gasteiger partial charge on any atom is -0.356 e. The Morgan fingerprint density at radius 3 is 1.14 bits per heavy atom. The van der Waals surface area contributed by atoms with Crippen LogP contribution in [0.2, 0.25) is 0 Å². The molecule has 0 amide bonds. The van der Waals surface area contributed by atoms with Crippen LogP contribution in [0.4, 0.5) is 11.4 Å². The first-order valence-corrected chi connectivity index (χ1v) is 7.14. The molecule has 1 heteroatoms. The fourth-order valence-electron chi connectivity index (χ4n) is 1.85. The van der Waals surface area contributed by atoms with Crippen LogP contribution in [0, 0.1) is 13.8 Å². The van der Waals surface area contributed by atoms with E-state index in [2.05, 4.69) is 43.4 Å². The predicted octanol–water partition coefficient (Wildman–Crippen LogP) is 5.73.